The van der Waals surface area contributed by atoms with E-state index in [1.165, 1.54) is 28.4 Å². The molecule has 0 saturated carbocycles. The van der Waals surface area contributed by atoms with Crippen molar-refractivity contribution < 1.29 is 18.9 Å². The number of nitriles is 1. The second kappa shape index (κ2) is 5.12. The molecule has 1 rings (SSSR count). The van der Waals surface area contributed by atoms with Gasteiger partial charge in [-0.1, -0.05) is 0 Å². The minimum atomic E-state index is 0.251. The van der Waals surface area contributed by atoms with Crippen molar-refractivity contribution in [2.75, 3.05) is 28.4 Å². The average Bonchev–Trinajstić information content (AvgIpc) is 2.35. The minimum absolute atomic E-state index is 0.251. The van der Waals surface area contributed by atoms with Crippen LogP contribution in [0.2, 0.25) is 0 Å². The third kappa shape index (κ3) is 1.82. The molecule has 5 nitrogen and oxygen atoms in total. The second-order valence-electron chi connectivity index (χ2n) is 2.83. The van der Waals surface area contributed by atoms with Gasteiger partial charge in [-0.05, 0) is 0 Å². The maximum atomic E-state index is 9.08. The van der Waals surface area contributed by atoms with Crippen molar-refractivity contribution in [3.8, 4) is 29.1 Å². The van der Waals surface area contributed by atoms with Crippen LogP contribution in [0.3, 0.4) is 0 Å². The Morgan fingerprint density at radius 2 is 1.31 bits per heavy atom. The van der Waals surface area contributed by atoms with E-state index in [1.807, 2.05) is 6.07 Å². The van der Waals surface area contributed by atoms with Gasteiger partial charge in [0.05, 0.1) is 28.4 Å². The van der Waals surface area contributed by atoms with Crippen molar-refractivity contribution in [2.45, 2.75) is 0 Å². The average molecular weight is 223 g/mol. The monoisotopic (exact) mass is 223 g/mol. The third-order valence-electron chi connectivity index (χ3n) is 2.12. The first-order valence-electron chi connectivity index (χ1n) is 4.50. The molecule has 16 heavy (non-hydrogen) atoms. The van der Waals surface area contributed by atoms with Gasteiger partial charge in [0.25, 0.3) is 0 Å². The van der Waals surface area contributed by atoms with Gasteiger partial charge >= 0.3 is 0 Å². The van der Waals surface area contributed by atoms with Crippen LogP contribution in [0, 0.1) is 11.3 Å². The maximum Gasteiger partial charge on any atom is 0.182 e. The Morgan fingerprint density at radius 1 is 0.875 bits per heavy atom. The van der Waals surface area contributed by atoms with Crippen LogP contribution in [0.5, 0.6) is 23.0 Å². The first-order chi connectivity index (χ1) is 7.73. The number of benzene rings is 1. The molecular weight excluding hydrogens is 210 g/mol. The highest BCUT2D eigenvalue weighted by molar-refractivity contribution is 5.65. The van der Waals surface area contributed by atoms with Gasteiger partial charge in [0.2, 0.25) is 0 Å². The maximum absolute atomic E-state index is 9.08. The molecule has 0 amide bonds. The Labute approximate surface area is 94.1 Å². The topological polar surface area (TPSA) is 60.7 Å². The fourth-order valence-electron chi connectivity index (χ4n) is 1.41. The first-order valence-corrected chi connectivity index (χ1v) is 4.50. The van der Waals surface area contributed by atoms with E-state index in [9.17, 15) is 0 Å². The van der Waals surface area contributed by atoms with E-state index in [1.54, 1.807) is 6.07 Å². The lowest BCUT2D eigenvalue weighted by Gasteiger charge is -2.15. The zero-order chi connectivity index (χ0) is 12.1. The Morgan fingerprint density at radius 3 is 1.56 bits per heavy atom. The molecule has 86 valence electrons. The first kappa shape index (κ1) is 12.0. The summed E-state index contributed by atoms with van der Waals surface area (Å²) in [7, 11) is 5.91. The largest absolute Gasteiger partial charge is 0.493 e. The molecule has 0 atom stereocenters. The van der Waals surface area contributed by atoms with Gasteiger partial charge in [-0.3, -0.25) is 0 Å². The zero-order valence-electron chi connectivity index (χ0n) is 9.66. The van der Waals surface area contributed by atoms with E-state index in [2.05, 4.69) is 0 Å². The van der Waals surface area contributed by atoms with Crippen LogP contribution in [0.1, 0.15) is 5.56 Å². The van der Waals surface area contributed by atoms with Gasteiger partial charge in [-0.25, -0.2) is 0 Å². The van der Waals surface area contributed by atoms with E-state index in [0.29, 0.717) is 23.0 Å². The summed E-state index contributed by atoms with van der Waals surface area (Å²) >= 11 is 0. The second-order valence-corrected chi connectivity index (χ2v) is 2.83. The fraction of sp³-hybridized carbons (Fsp3) is 0.364. The van der Waals surface area contributed by atoms with Gasteiger partial charge in [-0.2, -0.15) is 5.26 Å². The summed E-state index contributed by atoms with van der Waals surface area (Å²) in [5, 5.41) is 9.08. The standard InChI is InChI=1S/C11H13NO4/c1-13-8-5-9(14-2)11(16-4)7(6-12)10(8)15-3/h5H,1-4H3. The van der Waals surface area contributed by atoms with Crippen molar-refractivity contribution >= 4 is 0 Å². The smallest absolute Gasteiger partial charge is 0.182 e. The lowest BCUT2D eigenvalue weighted by atomic mass is 10.1. The Balaban J connectivity index is 3.56. The Hall–Kier alpha value is -2.09. The Kier molecular flexibility index (Phi) is 3.84. The van der Waals surface area contributed by atoms with E-state index in [-0.39, 0.29) is 5.56 Å². The molecule has 5 heteroatoms. The van der Waals surface area contributed by atoms with Gasteiger partial charge < -0.3 is 18.9 Å². The quantitative estimate of drug-likeness (QED) is 0.775. The van der Waals surface area contributed by atoms with Crippen LogP contribution in [0.4, 0.5) is 0 Å². The molecule has 0 heterocycles. The van der Waals surface area contributed by atoms with Crippen LogP contribution in [-0.2, 0) is 0 Å². The van der Waals surface area contributed by atoms with Gasteiger partial charge in [-0.15, -0.1) is 0 Å². The van der Waals surface area contributed by atoms with Crippen LogP contribution >= 0.6 is 0 Å². The predicted molar refractivity (Wildman–Crippen MR) is 57.4 cm³/mol. The highest BCUT2D eigenvalue weighted by atomic mass is 16.5. The molecule has 0 aliphatic carbocycles. The summed E-state index contributed by atoms with van der Waals surface area (Å²) in [6.07, 6.45) is 0. The molecule has 0 saturated heterocycles. The molecule has 1 aromatic rings. The predicted octanol–water partition coefficient (Wildman–Crippen LogP) is 1.59. The summed E-state index contributed by atoms with van der Waals surface area (Å²) < 4.78 is 20.5. The van der Waals surface area contributed by atoms with Crippen molar-refractivity contribution in [1.82, 2.24) is 0 Å². The molecule has 0 aromatic heterocycles. The van der Waals surface area contributed by atoms with E-state index in [4.69, 9.17) is 24.2 Å². The lowest BCUT2D eigenvalue weighted by molar-refractivity contribution is 0.327. The Bertz CT molecular complexity index is 393. The van der Waals surface area contributed by atoms with Crippen molar-refractivity contribution in [3.05, 3.63) is 11.6 Å². The fourth-order valence-corrected chi connectivity index (χ4v) is 1.41. The molecule has 0 unspecified atom stereocenters. The number of hydrogen-bond acceptors (Lipinski definition) is 5. The van der Waals surface area contributed by atoms with E-state index < -0.39 is 0 Å². The van der Waals surface area contributed by atoms with Crippen molar-refractivity contribution in [1.29, 1.82) is 5.26 Å². The zero-order valence-corrected chi connectivity index (χ0v) is 9.66. The van der Waals surface area contributed by atoms with E-state index in [0.717, 1.165) is 0 Å². The molecular formula is C11H13NO4. The summed E-state index contributed by atoms with van der Waals surface area (Å²) in [6, 6.07) is 3.62. The number of methoxy groups -OCH3 is 4. The highest BCUT2D eigenvalue weighted by Crippen LogP contribution is 2.43. The van der Waals surface area contributed by atoms with Gasteiger partial charge in [0.15, 0.2) is 23.0 Å². The minimum Gasteiger partial charge on any atom is -0.493 e. The van der Waals surface area contributed by atoms with Crippen molar-refractivity contribution in [2.24, 2.45) is 0 Å². The SMILES string of the molecule is COc1cc(OC)c(OC)c(C#N)c1OC. The molecule has 0 N–H and O–H groups in total. The van der Waals surface area contributed by atoms with Gasteiger partial charge in [0, 0.05) is 6.07 Å². The highest BCUT2D eigenvalue weighted by Gasteiger charge is 2.20. The molecule has 0 bridgehead atoms. The molecule has 0 radical (unpaired) electrons. The number of hydrogen-bond donors (Lipinski definition) is 0. The molecule has 0 aliphatic rings. The summed E-state index contributed by atoms with van der Waals surface area (Å²) in [6.45, 7) is 0. The van der Waals surface area contributed by atoms with Crippen LogP contribution in [0.25, 0.3) is 0 Å². The molecule has 0 fully saturated rings. The number of nitrogens with zero attached hydrogens (tertiary/aromatic N) is 1. The van der Waals surface area contributed by atoms with E-state index >= 15 is 0 Å². The third-order valence-corrected chi connectivity index (χ3v) is 2.12. The summed E-state index contributed by atoms with van der Waals surface area (Å²) in [5.41, 5.74) is 0.251. The van der Waals surface area contributed by atoms with Crippen LogP contribution in [-0.4, -0.2) is 28.4 Å². The summed E-state index contributed by atoms with van der Waals surface area (Å²) in [4.78, 5) is 0. The van der Waals surface area contributed by atoms with Crippen LogP contribution in [0.15, 0.2) is 6.07 Å². The van der Waals surface area contributed by atoms with Crippen molar-refractivity contribution in [3.63, 3.8) is 0 Å². The normalized spacial score (nSPS) is 9.19. The van der Waals surface area contributed by atoms with Gasteiger partial charge in [0.1, 0.15) is 11.6 Å². The van der Waals surface area contributed by atoms with Crippen LogP contribution < -0.4 is 18.9 Å². The molecule has 0 spiro atoms. The lowest BCUT2D eigenvalue weighted by Crippen LogP contribution is -1.99. The summed E-state index contributed by atoms with van der Waals surface area (Å²) in [5.74, 6) is 1.53. The number of rotatable bonds is 4. The number of ether oxygens (including phenoxy) is 4. The molecule has 0 aliphatic heterocycles. The molecule has 1 aromatic carbocycles.